The van der Waals surface area contributed by atoms with Crippen molar-refractivity contribution in [2.75, 3.05) is 12.4 Å². The summed E-state index contributed by atoms with van der Waals surface area (Å²) in [6, 6.07) is 14.6. The second-order valence-electron chi connectivity index (χ2n) is 6.66. The Morgan fingerprint density at radius 2 is 1.89 bits per heavy atom. The van der Waals surface area contributed by atoms with Crippen molar-refractivity contribution in [3.8, 4) is 17.0 Å². The Morgan fingerprint density at radius 3 is 2.59 bits per heavy atom. The van der Waals surface area contributed by atoms with Crippen molar-refractivity contribution in [1.29, 1.82) is 0 Å². The van der Waals surface area contributed by atoms with E-state index in [1.165, 1.54) is 0 Å². The predicted molar refractivity (Wildman–Crippen MR) is 109 cm³/mol. The van der Waals surface area contributed by atoms with Gasteiger partial charge < -0.3 is 10.1 Å². The van der Waals surface area contributed by atoms with E-state index in [2.05, 4.69) is 29.4 Å². The number of hydrogen-bond acceptors (Lipinski definition) is 3. The molecule has 1 amide bonds. The SMILES string of the molecule is COc1ccccc1-c1n[nH]c(CC(C)C)c1NC(=O)c1ccccc1Cl. The standard InChI is InChI=1S/C21H22ClN3O2/c1-13(2)12-17-20(23-21(26)14-8-4-6-10-16(14)22)19(25-24-17)15-9-5-7-11-18(15)27-3/h4-11,13H,12H2,1-3H3,(H,23,26)(H,24,25). The fraction of sp³-hybridized carbons (Fsp3) is 0.238. The van der Waals surface area contributed by atoms with E-state index in [1.807, 2.05) is 24.3 Å². The summed E-state index contributed by atoms with van der Waals surface area (Å²) in [5, 5.41) is 10.9. The molecule has 6 heteroatoms. The summed E-state index contributed by atoms with van der Waals surface area (Å²) in [5.41, 5.74) is 3.38. The molecule has 0 bridgehead atoms. The van der Waals surface area contributed by atoms with Crippen LogP contribution < -0.4 is 10.1 Å². The van der Waals surface area contributed by atoms with Gasteiger partial charge in [0.25, 0.3) is 5.91 Å². The van der Waals surface area contributed by atoms with E-state index in [0.717, 1.165) is 17.7 Å². The van der Waals surface area contributed by atoms with E-state index >= 15 is 0 Å². The van der Waals surface area contributed by atoms with E-state index < -0.39 is 0 Å². The fourth-order valence-electron chi connectivity index (χ4n) is 2.93. The maximum absolute atomic E-state index is 12.8. The van der Waals surface area contributed by atoms with Crippen LogP contribution in [0.3, 0.4) is 0 Å². The number of ether oxygens (including phenoxy) is 1. The number of amides is 1. The van der Waals surface area contributed by atoms with Crippen molar-refractivity contribution < 1.29 is 9.53 Å². The number of benzene rings is 2. The number of aromatic nitrogens is 2. The number of carbonyl (C=O) groups excluding carboxylic acids is 1. The highest BCUT2D eigenvalue weighted by atomic mass is 35.5. The van der Waals surface area contributed by atoms with Gasteiger partial charge in [-0.3, -0.25) is 9.89 Å². The van der Waals surface area contributed by atoms with Crippen LogP contribution in [-0.4, -0.2) is 23.2 Å². The number of H-pyrrole nitrogens is 1. The van der Waals surface area contributed by atoms with E-state index in [9.17, 15) is 4.79 Å². The number of rotatable bonds is 6. The molecule has 1 heterocycles. The summed E-state index contributed by atoms with van der Waals surface area (Å²) in [5.74, 6) is 0.809. The molecule has 0 aliphatic heterocycles. The van der Waals surface area contributed by atoms with E-state index in [-0.39, 0.29) is 5.91 Å². The number of nitrogens with zero attached hydrogens (tertiary/aromatic N) is 1. The van der Waals surface area contributed by atoms with Crippen LogP contribution in [0.4, 0.5) is 5.69 Å². The molecule has 0 spiro atoms. The van der Waals surface area contributed by atoms with Gasteiger partial charge in [-0.05, 0) is 36.6 Å². The lowest BCUT2D eigenvalue weighted by Gasteiger charge is -2.12. The van der Waals surface area contributed by atoms with E-state index in [1.54, 1.807) is 31.4 Å². The largest absolute Gasteiger partial charge is 0.496 e. The summed E-state index contributed by atoms with van der Waals surface area (Å²) in [6.45, 7) is 4.23. The quantitative estimate of drug-likeness (QED) is 0.615. The second kappa shape index (κ2) is 8.27. The zero-order valence-electron chi connectivity index (χ0n) is 15.5. The molecule has 0 atom stereocenters. The van der Waals surface area contributed by atoms with Crippen LogP contribution in [0.25, 0.3) is 11.3 Å². The monoisotopic (exact) mass is 383 g/mol. The lowest BCUT2D eigenvalue weighted by atomic mass is 10.0. The van der Waals surface area contributed by atoms with Gasteiger partial charge in [-0.2, -0.15) is 5.10 Å². The molecule has 3 aromatic rings. The highest BCUT2D eigenvalue weighted by molar-refractivity contribution is 6.34. The van der Waals surface area contributed by atoms with Crippen molar-refractivity contribution in [1.82, 2.24) is 10.2 Å². The molecule has 0 aliphatic rings. The smallest absolute Gasteiger partial charge is 0.257 e. The summed E-state index contributed by atoms with van der Waals surface area (Å²) in [7, 11) is 1.61. The van der Waals surface area contributed by atoms with E-state index in [0.29, 0.717) is 33.6 Å². The zero-order chi connectivity index (χ0) is 19.4. The van der Waals surface area contributed by atoms with Crippen LogP contribution in [0.2, 0.25) is 5.02 Å². The Bertz CT molecular complexity index is 950. The van der Waals surface area contributed by atoms with Gasteiger partial charge in [-0.15, -0.1) is 0 Å². The lowest BCUT2D eigenvalue weighted by molar-refractivity contribution is 0.102. The van der Waals surface area contributed by atoms with Gasteiger partial charge in [0.2, 0.25) is 0 Å². The molecule has 0 fully saturated rings. The van der Waals surface area contributed by atoms with Crippen molar-refractivity contribution >= 4 is 23.2 Å². The molecule has 2 N–H and O–H groups in total. The van der Waals surface area contributed by atoms with Crippen LogP contribution in [0.1, 0.15) is 29.9 Å². The number of hydrogen-bond donors (Lipinski definition) is 2. The minimum absolute atomic E-state index is 0.275. The first-order valence-electron chi connectivity index (χ1n) is 8.77. The lowest BCUT2D eigenvalue weighted by Crippen LogP contribution is -2.14. The molecule has 0 unspecified atom stereocenters. The molecule has 0 saturated carbocycles. The van der Waals surface area contributed by atoms with Crippen LogP contribution >= 0.6 is 11.6 Å². The van der Waals surface area contributed by atoms with E-state index in [4.69, 9.17) is 16.3 Å². The summed E-state index contributed by atoms with van der Waals surface area (Å²) in [4.78, 5) is 12.8. The Balaban J connectivity index is 2.05. The zero-order valence-corrected chi connectivity index (χ0v) is 16.3. The number of para-hydroxylation sites is 1. The van der Waals surface area contributed by atoms with Crippen LogP contribution in [-0.2, 0) is 6.42 Å². The molecule has 2 aromatic carbocycles. The van der Waals surface area contributed by atoms with Crippen molar-refractivity contribution in [3.05, 3.63) is 64.8 Å². The third-order valence-corrected chi connectivity index (χ3v) is 4.50. The van der Waals surface area contributed by atoms with Crippen molar-refractivity contribution in [2.45, 2.75) is 20.3 Å². The minimum Gasteiger partial charge on any atom is -0.496 e. The molecular weight excluding hydrogens is 362 g/mol. The highest BCUT2D eigenvalue weighted by Crippen LogP contribution is 2.36. The maximum Gasteiger partial charge on any atom is 0.257 e. The molecule has 0 saturated heterocycles. The first-order chi connectivity index (χ1) is 13.0. The first-order valence-corrected chi connectivity index (χ1v) is 9.15. The minimum atomic E-state index is -0.275. The van der Waals surface area contributed by atoms with Gasteiger partial charge in [-0.25, -0.2) is 0 Å². The predicted octanol–water partition coefficient (Wildman–Crippen LogP) is 5.19. The van der Waals surface area contributed by atoms with Gasteiger partial charge in [0.05, 0.1) is 29.1 Å². The third-order valence-electron chi connectivity index (χ3n) is 4.17. The molecule has 140 valence electrons. The van der Waals surface area contributed by atoms with Gasteiger partial charge >= 0.3 is 0 Å². The summed E-state index contributed by atoms with van der Waals surface area (Å²) < 4.78 is 5.47. The van der Waals surface area contributed by atoms with Crippen LogP contribution in [0, 0.1) is 5.92 Å². The Labute approximate surface area is 163 Å². The number of methoxy groups -OCH3 is 1. The van der Waals surface area contributed by atoms with Crippen LogP contribution in [0.15, 0.2) is 48.5 Å². The Kier molecular flexibility index (Phi) is 5.81. The molecule has 1 aromatic heterocycles. The molecule has 27 heavy (non-hydrogen) atoms. The molecule has 0 radical (unpaired) electrons. The molecule has 5 nitrogen and oxygen atoms in total. The van der Waals surface area contributed by atoms with Gasteiger partial charge in [0, 0.05) is 5.56 Å². The van der Waals surface area contributed by atoms with Crippen molar-refractivity contribution in [2.24, 2.45) is 5.92 Å². The summed E-state index contributed by atoms with van der Waals surface area (Å²) >= 11 is 6.18. The molecular formula is C21H22ClN3O2. The van der Waals surface area contributed by atoms with Gasteiger partial charge in [0.15, 0.2) is 0 Å². The molecule has 3 rings (SSSR count). The maximum atomic E-state index is 12.8. The Morgan fingerprint density at radius 1 is 1.19 bits per heavy atom. The number of carbonyl (C=O) groups is 1. The number of nitrogens with one attached hydrogen (secondary N) is 2. The normalized spacial score (nSPS) is 10.9. The number of anilines is 1. The first kappa shape index (κ1) is 19.0. The topological polar surface area (TPSA) is 67.0 Å². The molecule has 0 aliphatic carbocycles. The average molecular weight is 384 g/mol. The number of halogens is 1. The summed E-state index contributed by atoms with van der Waals surface area (Å²) in [6.07, 6.45) is 0.750. The average Bonchev–Trinajstić information content (AvgIpc) is 3.03. The highest BCUT2D eigenvalue weighted by Gasteiger charge is 2.21. The van der Waals surface area contributed by atoms with Gasteiger partial charge in [-0.1, -0.05) is 49.7 Å². The second-order valence-corrected chi connectivity index (χ2v) is 7.07. The Hall–Kier alpha value is -2.79. The third kappa shape index (κ3) is 4.14. The fourth-order valence-corrected chi connectivity index (χ4v) is 3.15. The van der Waals surface area contributed by atoms with Gasteiger partial charge in [0.1, 0.15) is 11.4 Å². The van der Waals surface area contributed by atoms with Crippen molar-refractivity contribution in [3.63, 3.8) is 0 Å². The van der Waals surface area contributed by atoms with Crippen LogP contribution in [0.5, 0.6) is 5.75 Å². The number of aromatic amines is 1.